The van der Waals surface area contributed by atoms with Crippen molar-refractivity contribution in [2.24, 2.45) is 0 Å². The first kappa shape index (κ1) is 13.5. The first-order chi connectivity index (χ1) is 4.52. The van der Waals surface area contributed by atoms with Gasteiger partial charge in [-0.3, -0.25) is 9.59 Å². The first-order valence-corrected chi connectivity index (χ1v) is 2.30. The zero-order chi connectivity index (χ0) is 8.15. The molecule has 0 amide bonds. The molecule has 0 aromatic rings. The molecular weight excluding hydrogens is 166 g/mol. The molecule has 0 aromatic heterocycles. The summed E-state index contributed by atoms with van der Waals surface area (Å²) in [4.78, 5) is 19.9. The number of carboxylic acids is 1. The molecule has 0 radical (unpaired) electrons. The van der Waals surface area contributed by atoms with Crippen LogP contribution in [0.4, 0.5) is 0 Å². The normalized spacial score (nSPS) is 7.82. The van der Waals surface area contributed by atoms with E-state index < -0.39 is 25.7 Å². The first-order valence-electron chi connectivity index (χ1n) is 2.30. The zero-order valence-electron chi connectivity index (χ0n) is 6.85. The predicted octanol–water partition coefficient (Wildman–Crippen LogP) is -4.91. The van der Waals surface area contributed by atoms with Crippen molar-refractivity contribution in [1.82, 2.24) is 0 Å². The summed E-state index contributed by atoms with van der Waals surface area (Å²) >= 11 is 0. The minimum atomic E-state index is -2.24. The third kappa shape index (κ3) is 9.92. The second-order valence-electron chi connectivity index (χ2n) is 1.39. The van der Waals surface area contributed by atoms with E-state index in [-0.39, 0.29) is 31.0 Å². The van der Waals surface area contributed by atoms with Crippen LogP contribution in [-0.4, -0.2) is 34.4 Å². The van der Waals surface area contributed by atoms with Crippen molar-refractivity contribution in [3.05, 3.63) is 0 Å². The summed E-state index contributed by atoms with van der Waals surface area (Å²) in [5.74, 6) is -2.58. The number of carbonyl (C=O) groups is 2. The molecule has 6 nitrogen and oxygen atoms in total. The van der Waals surface area contributed by atoms with E-state index in [1.54, 1.807) is 0 Å². The van der Waals surface area contributed by atoms with Crippen molar-refractivity contribution < 1.29 is 60.4 Å². The molecular formula is C3H6BNaO6. The van der Waals surface area contributed by atoms with Crippen molar-refractivity contribution in [1.29, 1.82) is 0 Å². The molecule has 0 unspecified atom stereocenters. The van der Waals surface area contributed by atoms with Gasteiger partial charge in [0, 0.05) is 0 Å². The van der Waals surface area contributed by atoms with Crippen LogP contribution in [0.15, 0.2) is 0 Å². The van der Waals surface area contributed by atoms with Gasteiger partial charge in [0.05, 0.1) is 0 Å². The maximum absolute atomic E-state index is 10.1. The third-order valence-electron chi connectivity index (χ3n) is 0.532. The molecule has 0 rings (SSSR count). The van der Waals surface area contributed by atoms with Gasteiger partial charge in [0.25, 0.3) is 0 Å². The fourth-order valence-electron chi connectivity index (χ4n) is 0.283. The largest absolute Gasteiger partial charge is 1.00 e. The number of hydrogen-bond donors (Lipinski definition) is 3. The summed E-state index contributed by atoms with van der Waals surface area (Å²) in [6.07, 6.45) is -0.877. The molecule has 0 saturated heterocycles. The van der Waals surface area contributed by atoms with Crippen LogP contribution in [-0.2, 0) is 14.2 Å². The monoisotopic (exact) mass is 172 g/mol. The van der Waals surface area contributed by atoms with Gasteiger partial charge in [0.15, 0.2) is 0 Å². The Bertz CT molecular complexity index is 152. The van der Waals surface area contributed by atoms with E-state index >= 15 is 0 Å². The molecule has 0 aromatic carbocycles. The Morgan fingerprint density at radius 2 is 1.91 bits per heavy atom. The minimum Gasteiger partial charge on any atom is -1.00 e. The van der Waals surface area contributed by atoms with Gasteiger partial charge in [-0.25, -0.2) is 0 Å². The van der Waals surface area contributed by atoms with Gasteiger partial charge < -0.3 is 21.2 Å². The van der Waals surface area contributed by atoms with Gasteiger partial charge in [-0.15, -0.1) is 0 Å². The molecule has 0 saturated carbocycles. The van der Waals surface area contributed by atoms with E-state index in [1.807, 2.05) is 0 Å². The van der Waals surface area contributed by atoms with Gasteiger partial charge in [-0.1, -0.05) is 0 Å². The molecule has 11 heavy (non-hydrogen) atoms. The predicted molar refractivity (Wildman–Crippen MR) is 29.6 cm³/mol. The van der Waals surface area contributed by atoms with Crippen molar-refractivity contribution >= 4 is 19.3 Å². The molecule has 3 N–H and O–H groups in total. The van der Waals surface area contributed by atoms with E-state index in [9.17, 15) is 9.59 Å². The Morgan fingerprint density at radius 1 is 1.45 bits per heavy atom. The maximum Gasteiger partial charge on any atom is 1.00 e. The van der Waals surface area contributed by atoms with Crippen molar-refractivity contribution in [3.8, 4) is 0 Å². The third-order valence-corrected chi connectivity index (χ3v) is 0.532. The van der Waals surface area contributed by atoms with Crippen molar-refractivity contribution in [2.45, 2.75) is 6.42 Å². The molecule has 58 valence electrons. The summed E-state index contributed by atoms with van der Waals surface area (Å²) in [6, 6.07) is 0. The Morgan fingerprint density at radius 3 is 2.18 bits per heavy atom. The second kappa shape index (κ2) is 6.62. The summed E-state index contributed by atoms with van der Waals surface area (Å²) in [6.45, 7) is 0. The van der Waals surface area contributed by atoms with Gasteiger partial charge >= 0.3 is 48.8 Å². The molecule has 0 fully saturated rings. The number of carbonyl (C=O) groups excluding carboxylic acids is 1. The average molecular weight is 172 g/mol. The van der Waals surface area contributed by atoms with Gasteiger partial charge in [-0.05, 0) is 0 Å². The van der Waals surface area contributed by atoms with Crippen LogP contribution in [0.5, 0.6) is 0 Å². The average Bonchev–Trinajstić information content (AvgIpc) is 1.58. The van der Waals surface area contributed by atoms with Crippen LogP contribution in [0.25, 0.3) is 0 Å². The summed E-state index contributed by atoms with van der Waals surface area (Å²) in [7, 11) is -2.24. The Hall–Kier alpha value is -0.0751. The molecule has 0 aliphatic carbocycles. The van der Waals surface area contributed by atoms with E-state index in [4.69, 9.17) is 15.2 Å². The number of aliphatic carboxylic acids is 1. The second-order valence-corrected chi connectivity index (χ2v) is 1.39. The standard InChI is InChI=1S/C3H5BO6.Na.H/c5-2(6)1-3(7)10-4(8)9;;/h8-9H,1H2,(H,5,6);;/q;+1;-1. The molecule has 0 atom stereocenters. The van der Waals surface area contributed by atoms with Gasteiger partial charge in [0.1, 0.15) is 6.42 Å². The molecule has 0 spiro atoms. The van der Waals surface area contributed by atoms with Crippen LogP contribution < -0.4 is 29.6 Å². The van der Waals surface area contributed by atoms with Crippen LogP contribution in [0.3, 0.4) is 0 Å². The minimum absolute atomic E-state index is 0. The van der Waals surface area contributed by atoms with Crippen LogP contribution >= 0.6 is 0 Å². The van der Waals surface area contributed by atoms with E-state index in [1.165, 1.54) is 0 Å². The fourth-order valence-corrected chi connectivity index (χ4v) is 0.283. The zero-order valence-corrected chi connectivity index (χ0v) is 7.85. The molecule has 0 aliphatic rings. The Labute approximate surface area is 86.1 Å². The topological polar surface area (TPSA) is 104 Å². The Balaban J connectivity index is -0.000000405. The quantitative estimate of drug-likeness (QED) is 0.291. The molecule has 8 heteroatoms. The van der Waals surface area contributed by atoms with Crippen molar-refractivity contribution in [2.75, 3.05) is 0 Å². The Kier molecular flexibility index (Phi) is 8.14. The van der Waals surface area contributed by atoms with Crippen LogP contribution in [0.2, 0.25) is 0 Å². The smallest absolute Gasteiger partial charge is 1.00 e. The van der Waals surface area contributed by atoms with E-state index in [2.05, 4.69) is 4.65 Å². The summed E-state index contributed by atoms with van der Waals surface area (Å²) in [5.41, 5.74) is 0. The summed E-state index contributed by atoms with van der Waals surface area (Å²) in [5, 5.41) is 23.8. The number of rotatable bonds is 3. The number of carboxylic acid groups (broad SMARTS) is 1. The van der Waals surface area contributed by atoms with Gasteiger partial charge in [0.2, 0.25) is 0 Å². The van der Waals surface area contributed by atoms with E-state index in [0.717, 1.165) is 0 Å². The molecule has 0 heterocycles. The van der Waals surface area contributed by atoms with Crippen molar-refractivity contribution in [3.63, 3.8) is 0 Å². The summed E-state index contributed by atoms with van der Waals surface area (Å²) < 4.78 is 3.65. The van der Waals surface area contributed by atoms with E-state index in [0.29, 0.717) is 0 Å². The molecule has 0 aliphatic heterocycles. The van der Waals surface area contributed by atoms with Crippen LogP contribution in [0.1, 0.15) is 7.85 Å². The fraction of sp³-hybridized carbons (Fsp3) is 0.333. The maximum atomic E-state index is 10.1. The SMILES string of the molecule is O=C(O)CC(=O)OB(O)O.[H-].[Na+]. The van der Waals surface area contributed by atoms with Gasteiger partial charge in [-0.2, -0.15) is 0 Å². The number of hydrogen-bond acceptors (Lipinski definition) is 5. The molecule has 0 bridgehead atoms. The van der Waals surface area contributed by atoms with Crippen LogP contribution in [0, 0.1) is 0 Å².